The van der Waals surface area contributed by atoms with Gasteiger partial charge in [-0.25, -0.2) is 0 Å². The summed E-state index contributed by atoms with van der Waals surface area (Å²) in [5.41, 5.74) is 0. The molecule has 1 aliphatic heterocycles. The van der Waals surface area contributed by atoms with Crippen LogP contribution in [0.2, 0.25) is 0 Å². The molecule has 0 aromatic rings. The third kappa shape index (κ3) is 35.2. The summed E-state index contributed by atoms with van der Waals surface area (Å²) in [5.74, 6) is -0.342. The molecule has 9 nitrogen and oxygen atoms in total. The molecular weight excluding hydrogens is 805 g/mol. The SMILES string of the molecule is CC/C=C\C/C=C\C/C=C\C/C=C\C/C=C\C/C=C\C/C=C\CCCCOCC(COC1OC(CO)C(O)C(O)C1O)OC(=O)CCCCCCCCC/C=C\C/C=C\CCCCC. The van der Waals surface area contributed by atoms with Crippen LogP contribution in [0.5, 0.6) is 0 Å². The number of hydrogen-bond donors (Lipinski definition) is 4. The second kappa shape index (κ2) is 45.0. The van der Waals surface area contributed by atoms with Gasteiger partial charge in [-0.2, -0.15) is 0 Å². The third-order valence-corrected chi connectivity index (χ3v) is 10.7. The van der Waals surface area contributed by atoms with Crippen LogP contribution in [0.15, 0.2) is 109 Å². The standard InChI is InChI=1S/C55H90O9/c1-3-5-7-9-11-13-15-17-19-21-22-23-24-25-26-27-29-31-33-35-37-39-41-43-45-61-47-49(48-62-55-54(60)53(59)52(58)50(46-56)64-55)63-51(57)44-42-40-38-36-34-32-30-28-20-18-16-14-12-10-8-6-4-2/h5,7,11-14,17-20,22-23,25-26,29,31,35,37,49-50,52-56,58-60H,3-4,6,8-10,15-16,21,24,27-28,30,32-34,36,38-48H2,1-2H3/b7-5-,13-11-,14-12-,19-17-,20-18-,23-22-,26-25-,31-29-,37-35-. The van der Waals surface area contributed by atoms with Crippen LogP contribution in [-0.2, 0) is 23.7 Å². The highest BCUT2D eigenvalue weighted by Crippen LogP contribution is 2.22. The van der Waals surface area contributed by atoms with Gasteiger partial charge in [0.1, 0.15) is 30.5 Å². The van der Waals surface area contributed by atoms with Crippen LogP contribution >= 0.6 is 0 Å². The summed E-state index contributed by atoms with van der Waals surface area (Å²) >= 11 is 0. The van der Waals surface area contributed by atoms with Crippen molar-refractivity contribution < 1.29 is 44.2 Å². The van der Waals surface area contributed by atoms with Crippen LogP contribution in [0.25, 0.3) is 0 Å². The second-order valence-corrected chi connectivity index (χ2v) is 16.5. The zero-order valence-corrected chi connectivity index (χ0v) is 40.0. The molecular formula is C55H90O9. The highest BCUT2D eigenvalue weighted by molar-refractivity contribution is 5.69. The molecule has 64 heavy (non-hydrogen) atoms. The number of esters is 1. The van der Waals surface area contributed by atoms with E-state index in [1.807, 2.05) is 0 Å². The van der Waals surface area contributed by atoms with Crippen molar-refractivity contribution >= 4 is 5.97 Å². The zero-order chi connectivity index (χ0) is 46.4. The molecule has 0 amide bonds. The van der Waals surface area contributed by atoms with E-state index in [1.165, 1.54) is 44.9 Å². The summed E-state index contributed by atoms with van der Waals surface area (Å²) in [7, 11) is 0. The maximum absolute atomic E-state index is 12.8. The minimum atomic E-state index is -1.55. The minimum Gasteiger partial charge on any atom is -0.457 e. The van der Waals surface area contributed by atoms with E-state index in [0.29, 0.717) is 13.0 Å². The van der Waals surface area contributed by atoms with Crippen LogP contribution in [0, 0.1) is 0 Å². The van der Waals surface area contributed by atoms with Crippen molar-refractivity contribution in [2.24, 2.45) is 0 Å². The van der Waals surface area contributed by atoms with E-state index >= 15 is 0 Å². The number of carbonyl (C=O) groups is 1. The van der Waals surface area contributed by atoms with Crippen LogP contribution < -0.4 is 0 Å². The van der Waals surface area contributed by atoms with E-state index in [0.717, 1.165) is 103 Å². The van der Waals surface area contributed by atoms with Crippen LogP contribution in [0.4, 0.5) is 0 Å². The topological polar surface area (TPSA) is 135 Å². The molecule has 6 atom stereocenters. The highest BCUT2D eigenvalue weighted by Gasteiger charge is 2.44. The van der Waals surface area contributed by atoms with E-state index in [4.69, 9.17) is 18.9 Å². The van der Waals surface area contributed by atoms with E-state index in [9.17, 15) is 25.2 Å². The molecule has 364 valence electrons. The Bertz CT molecular complexity index is 1340. The Hall–Kier alpha value is -3.15. The number of aliphatic hydroxyl groups excluding tert-OH is 4. The van der Waals surface area contributed by atoms with Gasteiger partial charge in [-0.3, -0.25) is 4.79 Å². The van der Waals surface area contributed by atoms with Crippen molar-refractivity contribution in [1.29, 1.82) is 0 Å². The predicted octanol–water partition coefficient (Wildman–Crippen LogP) is 12.1. The number of unbranched alkanes of at least 4 members (excludes halogenated alkanes) is 12. The number of hydrogen-bond acceptors (Lipinski definition) is 9. The third-order valence-electron chi connectivity index (χ3n) is 10.7. The van der Waals surface area contributed by atoms with E-state index < -0.39 is 43.4 Å². The number of ether oxygens (including phenoxy) is 4. The van der Waals surface area contributed by atoms with E-state index in [2.05, 4.69) is 123 Å². The highest BCUT2D eigenvalue weighted by atomic mass is 16.7. The molecule has 0 aliphatic carbocycles. The first-order chi connectivity index (χ1) is 31.4. The maximum atomic E-state index is 12.8. The Morgan fingerprint density at radius 1 is 0.516 bits per heavy atom. The van der Waals surface area contributed by atoms with Crippen LogP contribution in [0.1, 0.15) is 168 Å². The number of aliphatic hydroxyl groups is 4. The van der Waals surface area contributed by atoms with Gasteiger partial charge in [-0.1, -0.05) is 168 Å². The van der Waals surface area contributed by atoms with Gasteiger partial charge < -0.3 is 39.4 Å². The lowest BCUT2D eigenvalue weighted by Crippen LogP contribution is -2.59. The molecule has 1 aliphatic rings. The Kier molecular flexibility index (Phi) is 41.4. The van der Waals surface area contributed by atoms with Gasteiger partial charge in [0, 0.05) is 13.0 Å². The van der Waals surface area contributed by atoms with Gasteiger partial charge in [-0.15, -0.1) is 0 Å². The smallest absolute Gasteiger partial charge is 0.306 e. The summed E-state index contributed by atoms with van der Waals surface area (Å²) in [6, 6.07) is 0. The molecule has 0 bridgehead atoms. The van der Waals surface area contributed by atoms with Crippen molar-refractivity contribution in [2.75, 3.05) is 26.4 Å². The average molecular weight is 895 g/mol. The Labute approximate surface area is 389 Å². The van der Waals surface area contributed by atoms with Gasteiger partial charge >= 0.3 is 5.97 Å². The number of carbonyl (C=O) groups excluding carboxylic acids is 1. The lowest BCUT2D eigenvalue weighted by molar-refractivity contribution is -0.305. The first-order valence-corrected chi connectivity index (χ1v) is 25.0. The lowest BCUT2D eigenvalue weighted by atomic mass is 9.99. The first kappa shape index (κ1) is 58.9. The fourth-order valence-electron chi connectivity index (χ4n) is 6.79. The second-order valence-electron chi connectivity index (χ2n) is 16.5. The van der Waals surface area contributed by atoms with E-state index in [1.54, 1.807) is 0 Å². The molecule has 1 heterocycles. The van der Waals surface area contributed by atoms with Crippen molar-refractivity contribution in [1.82, 2.24) is 0 Å². The molecule has 0 aromatic carbocycles. The molecule has 0 aromatic heterocycles. The number of rotatable bonds is 41. The van der Waals surface area contributed by atoms with Crippen molar-refractivity contribution in [3.63, 3.8) is 0 Å². The van der Waals surface area contributed by atoms with Crippen molar-refractivity contribution in [3.8, 4) is 0 Å². The van der Waals surface area contributed by atoms with Crippen molar-refractivity contribution in [3.05, 3.63) is 109 Å². The number of allylic oxidation sites excluding steroid dienone is 18. The maximum Gasteiger partial charge on any atom is 0.306 e. The molecule has 4 N–H and O–H groups in total. The predicted molar refractivity (Wildman–Crippen MR) is 265 cm³/mol. The van der Waals surface area contributed by atoms with Gasteiger partial charge in [0.05, 0.1) is 19.8 Å². The fourth-order valence-corrected chi connectivity index (χ4v) is 6.79. The molecule has 1 saturated heterocycles. The van der Waals surface area contributed by atoms with Crippen molar-refractivity contribution in [2.45, 2.75) is 205 Å². The minimum absolute atomic E-state index is 0.104. The van der Waals surface area contributed by atoms with Crippen LogP contribution in [-0.4, -0.2) is 89.6 Å². The normalized spacial score (nSPS) is 20.5. The van der Waals surface area contributed by atoms with Gasteiger partial charge in [0.2, 0.25) is 0 Å². The summed E-state index contributed by atoms with van der Waals surface area (Å²) in [4.78, 5) is 12.8. The summed E-state index contributed by atoms with van der Waals surface area (Å²) in [6.07, 6.45) is 56.9. The summed E-state index contributed by atoms with van der Waals surface area (Å²) in [6.45, 7) is 4.28. The summed E-state index contributed by atoms with van der Waals surface area (Å²) in [5, 5.41) is 40.2. The average Bonchev–Trinajstić information content (AvgIpc) is 3.30. The molecule has 1 rings (SSSR count). The van der Waals surface area contributed by atoms with E-state index in [-0.39, 0.29) is 19.2 Å². The summed E-state index contributed by atoms with van der Waals surface area (Å²) < 4.78 is 22.8. The van der Waals surface area contributed by atoms with Gasteiger partial charge in [0.25, 0.3) is 0 Å². The Morgan fingerprint density at radius 3 is 1.44 bits per heavy atom. The van der Waals surface area contributed by atoms with Crippen LogP contribution in [0.3, 0.4) is 0 Å². The largest absolute Gasteiger partial charge is 0.457 e. The molecule has 0 radical (unpaired) electrons. The zero-order valence-electron chi connectivity index (χ0n) is 40.0. The molecule has 0 spiro atoms. The molecule has 0 saturated carbocycles. The lowest BCUT2D eigenvalue weighted by Gasteiger charge is -2.39. The fraction of sp³-hybridized carbons (Fsp3) is 0.655. The molecule has 1 fully saturated rings. The Morgan fingerprint density at radius 2 is 0.953 bits per heavy atom. The van der Waals surface area contributed by atoms with Gasteiger partial charge in [0.15, 0.2) is 6.29 Å². The molecule has 9 heteroatoms. The Balaban J connectivity index is 2.28. The molecule has 6 unspecified atom stereocenters. The monoisotopic (exact) mass is 895 g/mol. The van der Waals surface area contributed by atoms with Gasteiger partial charge in [-0.05, 0) is 103 Å². The first-order valence-electron chi connectivity index (χ1n) is 25.0. The quantitative estimate of drug-likeness (QED) is 0.0269.